The lowest BCUT2D eigenvalue weighted by Gasteiger charge is -2.19. The molecule has 0 unspecified atom stereocenters. The molecule has 0 aliphatic carbocycles. The van der Waals surface area contributed by atoms with Crippen LogP contribution in [-0.2, 0) is 6.42 Å². The molecule has 0 saturated heterocycles. The van der Waals surface area contributed by atoms with Gasteiger partial charge in [-0.05, 0) is 36.8 Å². The summed E-state index contributed by atoms with van der Waals surface area (Å²) in [5.41, 5.74) is 3.13. The molecule has 1 rings (SSSR count). The highest BCUT2D eigenvalue weighted by molar-refractivity contribution is 5.38. The zero-order valence-electron chi connectivity index (χ0n) is 12.5. The van der Waals surface area contributed by atoms with Crippen molar-refractivity contribution in [3.05, 3.63) is 41.3 Å². The molecule has 0 saturated carbocycles. The molecule has 0 bridgehead atoms. The second kappa shape index (κ2) is 9.19. The Bertz CT molecular complexity index is 314. The van der Waals surface area contributed by atoms with Gasteiger partial charge in [0.05, 0.1) is 0 Å². The molecule has 0 atom stereocenters. The summed E-state index contributed by atoms with van der Waals surface area (Å²) in [7, 11) is 0. The number of aryl methyl sites for hydroxylation is 1. The van der Waals surface area contributed by atoms with Crippen LogP contribution in [0, 0.1) is 5.92 Å². The third-order valence-electron chi connectivity index (χ3n) is 3.58. The van der Waals surface area contributed by atoms with E-state index in [0.29, 0.717) is 0 Å². The largest absolute Gasteiger partial charge is 0.0654 e. The van der Waals surface area contributed by atoms with Crippen molar-refractivity contribution in [2.75, 3.05) is 0 Å². The van der Waals surface area contributed by atoms with Gasteiger partial charge in [0.25, 0.3) is 0 Å². The molecule has 18 heavy (non-hydrogen) atoms. The first-order valence-corrected chi connectivity index (χ1v) is 7.76. The predicted molar refractivity (Wildman–Crippen MR) is 81.8 cm³/mol. The van der Waals surface area contributed by atoms with Gasteiger partial charge in [0.1, 0.15) is 0 Å². The van der Waals surface area contributed by atoms with Crippen molar-refractivity contribution < 1.29 is 0 Å². The minimum absolute atomic E-state index is 1.24. The van der Waals surface area contributed by atoms with E-state index in [4.69, 9.17) is 0 Å². The number of rotatable bonds is 9. The van der Waals surface area contributed by atoms with Gasteiger partial charge >= 0.3 is 0 Å². The van der Waals surface area contributed by atoms with Gasteiger partial charge < -0.3 is 0 Å². The zero-order valence-corrected chi connectivity index (χ0v) is 12.5. The van der Waals surface area contributed by atoms with Crippen LogP contribution in [0.25, 0.3) is 0 Å². The second-order valence-corrected chi connectivity index (χ2v) is 5.22. The highest BCUT2D eigenvalue weighted by Crippen LogP contribution is 2.29. The van der Waals surface area contributed by atoms with Crippen molar-refractivity contribution >= 4 is 0 Å². The third kappa shape index (κ3) is 4.84. The Morgan fingerprint density at radius 2 is 1.56 bits per heavy atom. The maximum Gasteiger partial charge on any atom is 0.00525 e. The molecule has 1 aromatic rings. The quantitative estimate of drug-likeness (QED) is 0.505. The first-order valence-electron chi connectivity index (χ1n) is 7.76. The molecule has 0 N–H and O–H groups in total. The molecule has 0 amide bonds. The SMILES string of the molecule is CCCC[C](CCC)c1ccccc1CCCC. The molecule has 0 heterocycles. The summed E-state index contributed by atoms with van der Waals surface area (Å²) in [4.78, 5) is 0. The van der Waals surface area contributed by atoms with Crippen LogP contribution in [0.2, 0.25) is 0 Å². The fourth-order valence-electron chi connectivity index (χ4n) is 2.54. The maximum absolute atomic E-state index is 2.34. The Morgan fingerprint density at radius 3 is 2.22 bits per heavy atom. The third-order valence-corrected chi connectivity index (χ3v) is 3.58. The minimum Gasteiger partial charge on any atom is -0.0654 e. The lowest BCUT2D eigenvalue weighted by Crippen LogP contribution is -2.04. The van der Waals surface area contributed by atoms with Gasteiger partial charge in [-0.3, -0.25) is 0 Å². The number of hydrogen-bond donors (Lipinski definition) is 0. The van der Waals surface area contributed by atoms with E-state index in [9.17, 15) is 0 Å². The molecule has 0 aromatic heterocycles. The van der Waals surface area contributed by atoms with Crippen LogP contribution in [0.5, 0.6) is 0 Å². The van der Waals surface area contributed by atoms with E-state index in [0.717, 1.165) is 0 Å². The van der Waals surface area contributed by atoms with Gasteiger partial charge in [0, 0.05) is 5.92 Å². The van der Waals surface area contributed by atoms with E-state index in [1.54, 1.807) is 17.0 Å². The predicted octanol–water partition coefficient (Wildman–Crippen LogP) is 5.94. The average molecular weight is 245 g/mol. The van der Waals surface area contributed by atoms with Gasteiger partial charge in [-0.15, -0.1) is 0 Å². The minimum atomic E-state index is 1.24. The smallest absolute Gasteiger partial charge is 0.00525 e. The maximum atomic E-state index is 2.34. The summed E-state index contributed by atoms with van der Waals surface area (Å²) < 4.78 is 0. The molecular weight excluding hydrogens is 216 g/mol. The van der Waals surface area contributed by atoms with E-state index in [1.807, 2.05) is 0 Å². The van der Waals surface area contributed by atoms with Crippen LogP contribution in [-0.4, -0.2) is 0 Å². The Kier molecular flexibility index (Phi) is 7.80. The van der Waals surface area contributed by atoms with Crippen molar-refractivity contribution in [2.45, 2.75) is 72.1 Å². The summed E-state index contributed by atoms with van der Waals surface area (Å²) in [5.74, 6) is 1.69. The van der Waals surface area contributed by atoms with Crippen LogP contribution >= 0.6 is 0 Å². The fraction of sp³-hybridized carbons (Fsp3) is 0.611. The molecule has 0 fully saturated rings. The standard InChI is InChI=1S/C18H29/c1-4-7-12-16(11-6-3)18-15-10-9-14-17(18)13-8-5-2/h9-10,14-15H,4-8,11-13H2,1-3H3. The summed E-state index contributed by atoms with van der Waals surface area (Å²) in [6.45, 7) is 6.85. The van der Waals surface area contributed by atoms with Crippen molar-refractivity contribution in [3.8, 4) is 0 Å². The highest BCUT2D eigenvalue weighted by Gasteiger charge is 2.14. The topological polar surface area (TPSA) is 0 Å². The van der Waals surface area contributed by atoms with Crippen molar-refractivity contribution in [2.24, 2.45) is 0 Å². The highest BCUT2D eigenvalue weighted by atomic mass is 14.2. The lowest BCUT2D eigenvalue weighted by molar-refractivity contribution is 0.674. The molecule has 0 aliphatic heterocycles. The lowest BCUT2D eigenvalue weighted by atomic mass is 9.85. The zero-order chi connectivity index (χ0) is 13.2. The number of hydrogen-bond acceptors (Lipinski definition) is 0. The van der Waals surface area contributed by atoms with Gasteiger partial charge in [-0.1, -0.05) is 70.7 Å². The Morgan fingerprint density at radius 1 is 0.833 bits per heavy atom. The normalized spacial score (nSPS) is 11.1. The molecule has 101 valence electrons. The first kappa shape index (κ1) is 15.3. The van der Waals surface area contributed by atoms with Gasteiger partial charge in [-0.2, -0.15) is 0 Å². The Balaban J connectivity index is 2.80. The molecule has 0 aliphatic rings. The monoisotopic (exact) mass is 245 g/mol. The summed E-state index contributed by atoms with van der Waals surface area (Å²) in [6.07, 6.45) is 10.3. The molecular formula is C18H29. The fourth-order valence-corrected chi connectivity index (χ4v) is 2.54. The van der Waals surface area contributed by atoms with E-state index in [1.165, 1.54) is 51.4 Å². The van der Waals surface area contributed by atoms with Gasteiger partial charge in [-0.25, -0.2) is 0 Å². The van der Waals surface area contributed by atoms with Crippen LogP contribution in [0.3, 0.4) is 0 Å². The van der Waals surface area contributed by atoms with E-state index in [-0.39, 0.29) is 0 Å². The van der Waals surface area contributed by atoms with Gasteiger partial charge in [0.2, 0.25) is 0 Å². The van der Waals surface area contributed by atoms with E-state index >= 15 is 0 Å². The average Bonchev–Trinajstić information content (AvgIpc) is 2.41. The summed E-state index contributed by atoms with van der Waals surface area (Å²) in [5, 5.41) is 0. The molecule has 0 spiro atoms. The van der Waals surface area contributed by atoms with E-state index in [2.05, 4.69) is 45.0 Å². The van der Waals surface area contributed by atoms with Crippen LogP contribution < -0.4 is 0 Å². The number of benzene rings is 1. The van der Waals surface area contributed by atoms with Crippen LogP contribution in [0.15, 0.2) is 24.3 Å². The molecule has 1 aromatic carbocycles. The van der Waals surface area contributed by atoms with Crippen LogP contribution in [0.1, 0.15) is 76.8 Å². The second-order valence-electron chi connectivity index (χ2n) is 5.22. The Labute approximate surface area is 114 Å². The summed E-state index contributed by atoms with van der Waals surface area (Å²) >= 11 is 0. The van der Waals surface area contributed by atoms with Crippen LogP contribution in [0.4, 0.5) is 0 Å². The van der Waals surface area contributed by atoms with Crippen molar-refractivity contribution in [1.29, 1.82) is 0 Å². The number of unbranched alkanes of at least 4 members (excludes halogenated alkanes) is 2. The van der Waals surface area contributed by atoms with Gasteiger partial charge in [0.15, 0.2) is 0 Å². The van der Waals surface area contributed by atoms with Crippen molar-refractivity contribution in [1.82, 2.24) is 0 Å². The Hall–Kier alpha value is -0.780. The first-order chi connectivity index (χ1) is 8.83. The van der Waals surface area contributed by atoms with E-state index < -0.39 is 0 Å². The molecule has 1 radical (unpaired) electrons. The summed E-state index contributed by atoms with van der Waals surface area (Å²) in [6, 6.07) is 9.06. The molecule has 0 heteroatoms. The van der Waals surface area contributed by atoms with Crippen molar-refractivity contribution in [3.63, 3.8) is 0 Å². The molecule has 0 nitrogen and oxygen atoms in total.